The van der Waals surface area contributed by atoms with E-state index in [1.807, 2.05) is 0 Å². The summed E-state index contributed by atoms with van der Waals surface area (Å²) >= 11 is 0.385. The average Bonchev–Trinajstić information content (AvgIpc) is 3.10. The molecule has 0 bridgehead atoms. The van der Waals surface area contributed by atoms with Gasteiger partial charge in [-0.15, -0.1) is 11.3 Å². The summed E-state index contributed by atoms with van der Waals surface area (Å²) in [5, 5.41) is 9.99. The standard InChI is InChI=1S/C16H9F6NO3S/c1-7-2-8-3-12(24)10(17)5-11(8)23(7)14(25)9-4-13(27-6-9)26-16(21,22)15(18,19)20/h2-6,24H,1H3. The number of alkyl halides is 5. The van der Waals surface area contributed by atoms with Crippen LogP contribution in [0.2, 0.25) is 0 Å². The second-order valence-corrected chi connectivity index (χ2v) is 6.43. The fourth-order valence-corrected chi connectivity index (χ4v) is 3.18. The number of rotatable bonds is 3. The number of fused-ring (bicyclic) bond motifs is 1. The quantitative estimate of drug-likeness (QED) is 0.614. The highest BCUT2D eigenvalue weighted by molar-refractivity contribution is 7.12. The Bertz CT molecular complexity index is 1040. The molecule has 0 radical (unpaired) electrons. The summed E-state index contributed by atoms with van der Waals surface area (Å²) < 4.78 is 80.9. The van der Waals surface area contributed by atoms with Crippen molar-refractivity contribution in [3.8, 4) is 10.8 Å². The summed E-state index contributed by atoms with van der Waals surface area (Å²) in [6.07, 6.45) is -11.3. The summed E-state index contributed by atoms with van der Waals surface area (Å²) in [5.41, 5.74) is 0.221. The van der Waals surface area contributed by atoms with Crippen molar-refractivity contribution in [2.75, 3.05) is 0 Å². The van der Waals surface area contributed by atoms with E-state index in [1.165, 1.54) is 13.0 Å². The number of aromatic hydroxyl groups is 1. The Balaban J connectivity index is 1.96. The van der Waals surface area contributed by atoms with Gasteiger partial charge in [-0.2, -0.15) is 22.0 Å². The summed E-state index contributed by atoms with van der Waals surface area (Å²) in [4.78, 5) is 12.6. The fourth-order valence-electron chi connectivity index (χ4n) is 2.42. The highest BCUT2D eigenvalue weighted by Crippen LogP contribution is 2.39. The molecule has 0 aliphatic carbocycles. The minimum atomic E-state index is -5.91. The molecule has 0 saturated carbocycles. The molecule has 1 aromatic carbocycles. The molecule has 0 aliphatic heterocycles. The molecule has 2 aromatic heterocycles. The molecule has 0 aliphatic rings. The lowest BCUT2D eigenvalue weighted by Crippen LogP contribution is -2.41. The van der Waals surface area contributed by atoms with E-state index in [1.54, 1.807) is 0 Å². The van der Waals surface area contributed by atoms with Crippen molar-refractivity contribution in [3.63, 3.8) is 0 Å². The molecule has 0 amide bonds. The van der Waals surface area contributed by atoms with Crippen molar-refractivity contribution in [1.29, 1.82) is 0 Å². The molecular weight excluding hydrogens is 400 g/mol. The van der Waals surface area contributed by atoms with Gasteiger partial charge in [-0.05, 0) is 19.1 Å². The van der Waals surface area contributed by atoms with Crippen LogP contribution in [0.5, 0.6) is 10.8 Å². The maximum Gasteiger partial charge on any atom is 0.499 e. The van der Waals surface area contributed by atoms with Crippen molar-refractivity contribution >= 4 is 28.1 Å². The molecular formula is C16H9F6NO3S. The molecule has 0 saturated heterocycles. The van der Waals surface area contributed by atoms with E-state index in [0.717, 1.165) is 28.1 Å². The molecule has 0 fully saturated rings. The third-order valence-corrected chi connectivity index (χ3v) is 4.44. The van der Waals surface area contributed by atoms with Gasteiger partial charge in [0, 0.05) is 28.6 Å². The Morgan fingerprint density at radius 2 is 1.81 bits per heavy atom. The zero-order valence-corrected chi connectivity index (χ0v) is 14.1. The second kappa shape index (κ2) is 6.19. The van der Waals surface area contributed by atoms with Crippen LogP contribution in [0.3, 0.4) is 0 Å². The number of phenolic OH excluding ortho intramolecular Hbond substituents is 1. The Morgan fingerprint density at radius 1 is 1.15 bits per heavy atom. The van der Waals surface area contributed by atoms with Crippen molar-refractivity contribution < 1.29 is 41.0 Å². The number of carbonyl (C=O) groups excluding carboxylic acids is 1. The van der Waals surface area contributed by atoms with Crippen LogP contribution >= 0.6 is 11.3 Å². The van der Waals surface area contributed by atoms with Gasteiger partial charge in [-0.1, -0.05) is 0 Å². The second-order valence-electron chi connectivity index (χ2n) is 5.56. The first-order valence-electron chi connectivity index (χ1n) is 7.18. The number of aryl methyl sites for hydroxylation is 1. The normalized spacial score (nSPS) is 12.6. The van der Waals surface area contributed by atoms with Crippen LogP contribution in [-0.2, 0) is 0 Å². The predicted octanol–water partition coefficient (Wildman–Crippen LogP) is 5.08. The van der Waals surface area contributed by atoms with Gasteiger partial charge in [-0.3, -0.25) is 9.36 Å². The minimum absolute atomic E-state index is 0.0992. The van der Waals surface area contributed by atoms with Crippen molar-refractivity contribution in [3.05, 3.63) is 46.7 Å². The lowest BCUT2D eigenvalue weighted by molar-refractivity contribution is -0.359. The Hall–Kier alpha value is -2.69. The molecule has 2 heterocycles. The summed E-state index contributed by atoms with van der Waals surface area (Å²) in [7, 11) is 0. The lowest BCUT2D eigenvalue weighted by Gasteiger charge is -2.18. The van der Waals surface area contributed by atoms with Crippen molar-refractivity contribution in [1.82, 2.24) is 4.57 Å². The number of nitrogens with zero attached hydrogens (tertiary/aromatic N) is 1. The van der Waals surface area contributed by atoms with E-state index in [2.05, 4.69) is 4.74 Å². The van der Waals surface area contributed by atoms with Gasteiger partial charge in [0.25, 0.3) is 5.91 Å². The molecule has 0 atom stereocenters. The lowest BCUT2D eigenvalue weighted by atomic mass is 10.2. The van der Waals surface area contributed by atoms with Gasteiger partial charge in [0.15, 0.2) is 16.6 Å². The van der Waals surface area contributed by atoms with Crippen LogP contribution in [-0.4, -0.2) is 27.9 Å². The highest BCUT2D eigenvalue weighted by Gasteiger charge is 2.61. The molecule has 3 rings (SSSR count). The van der Waals surface area contributed by atoms with Gasteiger partial charge in [-0.25, -0.2) is 4.39 Å². The summed E-state index contributed by atoms with van der Waals surface area (Å²) in [6, 6.07) is 4.24. The molecule has 0 spiro atoms. The largest absolute Gasteiger partial charge is 0.505 e. The summed E-state index contributed by atoms with van der Waals surface area (Å²) in [6.45, 7) is 1.51. The Morgan fingerprint density at radius 3 is 2.44 bits per heavy atom. The van der Waals surface area contributed by atoms with Gasteiger partial charge in [0.2, 0.25) is 0 Å². The summed E-state index contributed by atoms with van der Waals surface area (Å²) in [5.74, 6) is -2.38. The van der Waals surface area contributed by atoms with Crippen LogP contribution in [0.25, 0.3) is 10.9 Å². The van der Waals surface area contributed by atoms with E-state index in [4.69, 9.17) is 0 Å². The molecule has 4 nitrogen and oxygen atoms in total. The first kappa shape index (κ1) is 19.1. The molecule has 27 heavy (non-hydrogen) atoms. The number of thiophene rings is 1. The Kier molecular flexibility index (Phi) is 4.37. The maximum atomic E-state index is 13.6. The number of hydrogen-bond donors (Lipinski definition) is 1. The third kappa shape index (κ3) is 3.34. The van der Waals surface area contributed by atoms with Crippen molar-refractivity contribution in [2.24, 2.45) is 0 Å². The smallest absolute Gasteiger partial charge is 0.499 e. The molecule has 0 unspecified atom stereocenters. The van der Waals surface area contributed by atoms with E-state index >= 15 is 0 Å². The van der Waals surface area contributed by atoms with E-state index < -0.39 is 34.8 Å². The van der Waals surface area contributed by atoms with Crippen LogP contribution in [0.4, 0.5) is 26.3 Å². The van der Waals surface area contributed by atoms with Crippen LogP contribution in [0.15, 0.2) is 29.6 Å². The molecule has 11 heteroatoms. The van der Waals surface area contributed by atoms with E-state index in [-0.39, 0.29) is 11.1 Å². The average molecular weight is 409 g/mol. The number of benzene rings is 1. The predicted molar refractivity (Wildman–Crippen MR) is 84.0 cm³/mol. The van der Waals surface area contributed by atoms with Gasteiger partial charge in [0.1, 0.15) is 0 Å². The first-order valence-corrected chi connectivity index (χ1v) is 8.06. The number of hydrogen-bond acceptors (Lipinski definition) is 4. The zero-order valence-electron chi connectivity index (χ0n) is 13.3. The third-order valence-electron chi connectivity index (χ3n) is 3.64. The fraction of sp³-hybridized carbons (Fsp3) is 0.188. The van der Waals surface area contributed by atoms with E-state index in [0.29, 0.717) is 22.4 Å². The molecule has 144 valence electrons. The van der Waals surface area contributed by atoms with Crippen molar-refractivity contribution in [2.45, 2.75) is 19.2 Å². The Labute approximate surface area is 151 Å². The topological polar surface area (TPSA) is 51.5 Å². The zero-order chi connectivity index (χ0) is 20.1. The first-order chi connectivity index (χ1) is 12.4. The number of aromatic nitrogens is 1. The van der Waals surface area contributed by atoms with Crippen LogP contribution in [0.1, 0.15) is 16.1 Å². The highest BCUT2D eigenvalue weighted by atomic mass is 32.1. The number of ether oxygens (including phenoxy) is 1. The van der Waals surface area contributed by atoms with E-state index in [9.17, 15) is 36.2 Å². The van der Waals surface area contributed by atoms with Crippen LogP contribution < -0.4 is 4.74 Å². The van der Waals surface area contributed by atoms with Gasteiger partial charge < -0.3 is 9.84 Å². The maximum absolute atomic E-state index is 13.6. The number of phenols is 1. The number of carbonyl (C=O) groups is 1. The van der Waals surface area contributed by atoms with Gasteiger partial charge >= 0.3 is 12.3 Å². The number of halogens is 6. The van der Waals surface area contributed by atoms with Crippen LogP contribution in [0, 0.1) is 12.7 Å². The molecule has 1 N–H and O–H groups in total. The minimum Gasteiger partial charge on any atom is -0.505 e. The van der Waals surface area contributed by atoms with Gasteiger partial charge in [0.05, 0.1) is 11.1 Å². The SMILES string of the molecule is Cc1cc2cc(O)c(F)cc2n1C(=O)c1csc(OC(F)(F)C(F)(F)F)c1. The monoisotopic (exact) mass is 409 g/mol. The molecule has 3 aromatic rings.